The average Bonchev–Trinajstić information content (AvgIpc) is 3.39. The van der Waals surface area contributed by atoms with Crippen molar-refractivity contribution in [1.29, 1.82) is 0 Å². The molecule has 4 heterocycles. The van der Waals surface area contributed by atoms with E-state index in [2.05, 4.69) is 15.4 Å². The summed E-state index contributed by atoms with van der Waals surface area (Å²) in [7, 11) is 3.06. The van der Waals surface area contributed by atoms with Gasteiger partial charge in [0.15, 0.2) is 17.4 Å². The van der Waals surface area contributed by atoms with Gasteiger partial charge in [0.25, 0.3) is 5.56 Å². The van der Waals surface area contributed by atoms with E-state index in [4.69, 9.17) is 16.3 Å². The lowest BCUT2D eigenvalue weighted by Gasteiger charge is -2.18. The number of methoxy groups -OCH3 is 1. The summed E-state index contributed by atoms with van der Waals surface area (Å²) in [6.45, 7) is 0.512. The number of thiophene rings is 1. The number of benzene rings is 1. The molecule has 0 bridgehead atoms. The van der Waals surface area contributed by atoms with Gasteiger partial charge in [-0.2, -0.15) is 5.10 Å². The van der Waals surface area contributed by atoms with Crippen LogP contribution in [0.1, 0.15) is 31.1 Å². The first-order valence-electron chi connectivity index (χ1n) is 11.2. The van der Waals surface area contributed by atoms with Crippen LogP contribution >= 0.6 is 22.9 Å². The first-order valence-corrected chi connectivity index (χ1v) is 12.4. The molecule has 0 unspecified atom stereocenters. The Labute approximate surface area is 212 Å². The van der Waals surface area contributed by atoms with E-state index >= 15 is 0 Å². The van der Waals surface area contributed by atoms with Crippen LogP contribution in [-0.2, 0) is 18.4 Å². The summed E-state index contributed by atoms with van der Waals surface area (Å²) in [6, 6.07) is 3.70. The summed E-state index contributed by atoms with van der Waals surface area (Å²) in [4.78, 5) is 44.4. The van der Waals surface area contributed by atoms with E-state index in [-0.39, 0.29) is 29.6 Å². The number of carbonyl (C=O) groups is 1. The maximum atomic E-state index is 14.1. The number of rotatable bonds is 5. The Morgan fingerprint density at radius 3 is 2.81 bits per heavy atom. The molecule has 1 amide bonds. The molecule has 1 aliphatic heterocycles. The molecule has 0 radical (unpaired) electrons. The summed E-state index contributed by atoms with van der Waals surface area (Å²) in [5.74, 6) is -0.429. The minimum absolute atomic E-state index is 0.00353. The zero-order valence-electron chi connectivity index (χ0n) is 19.5. The second kappa shape index (κ2) is 9.51. The van der Waals surface area contributed by atoms with Crippen molar-refractivity contribution in [3.63, 3.8) is 0 Å². The third kappa shape index (κ3) is 4.30. The molecule has 4 aromatic rings. The molecule has 36 heavy (non-hydrogen) atoms. The van der Waals surface area contributed by atoms with Crippen molar-refractivity contribution in [2.75, 3.05) is 13.7 Å². The number of carbonyl (C=O) groups excluding carboxylic acids is 1. The largest absolute Gasteiger partial charge is 0.494 e. The highest BCUT2D eigenvalue weighted by Gasteiger charge is 2.26. The summed E-state index contributed by atoms with van der Waals surface area (Å²) < 4.78 is 23.7. The fourth-order valence-corrected chi connectivity index (χ4v) is 5.86. The van der Waals surface area contributed by atoms with Gasteiger partial charge in [0.2, 0.25) is 5.91 Å². The van der Waals surface area contributed by atoms with E-state index in [9.17, 15) is 18.8 Å². The monoisotopic (exact) mass is 532 g/mol. The fourth-order valence-electron chi connectivity index (χ4n) is 4.42. The number of aryl methyl sites for hydroxylation is 1. The van der Waals surface area contributed by atoms with Gasteiger partial charge in [0, 0.05) is 30.5 Å². The van der Waals surface area contributed by atoms with E-state index in [1.165, 1.54) is 33.3 Å². The highest BCUT2D eigenvalue weighted by atomic mass is 35.5. The Hall–Kier alpha value is -3.51. The lowest BCUT2D eigenvalue weighted by Crippen LogP contribution is -2.42. The van der Waals surface area contributed by atoms with Crippen LogP contribution < -0.4 is 21.3 Å². The third-order valence-corrected chi connectivity index (χ3v) is 7.59. The maximum absolute atomic E-state index is 14.1. The van der Waals surface area contributed by atoms with Gasteiger partial charge < -0.3 is 10.1 Å². The minimum Gasteiger partial charge on any atom is -0.494 e. The second-order valence-electron chi connectivity index (χ2n) is 8.52. The summed E-state index contributed by atoms with van der Waals surface area (Å²) in [5, 5.41) is 7.20. The topological polar surface area (TPSA) is 113 Å². The average molecular weight is 533 g/mol. The third-order valence-electron chi connectivity index (χ3n) is 6.13. The SMILES string of the molecule is COc1cc(-c2cc3c(s2)c(=O)n([C@@H]2CCCNC(=O)C2)c(=O)n3Cc2ncn(C)n2)c(Cl)cc1F. The van der Waals surface area contributed by atoms with Gasteiger partial charge in [0.05, 0.1) is 30.2 Å². The smallest absolute Gasteiger partial charge is 0.332 e. The van der Waals surface area contributed by atoms with E-state index in [0.717, 1.165) is 17.4 Å². The van der Waals surface area contributed by atoms with Gasteiger partial charge in [-0.1, -0.05) is 11.6 Å². The summed E-state index contributed by atoms with van der Waals surface area (Å²) >= 11 is 7.48. The van der Waals surface area contributed by atoms with Gasteiger partial charge in [-0.25, -0.2) is 14.2 Å². The molecule has 1 fully saturated rings. The molecule has 0 spiro atoms. The van der Waals surface area contributed by atoms with E-state index in [0.29, 0.717) is 45.9 Å². The van der Waals surface area contributed by atoms with Gasteiger partial charge >= 0.3 is 5.69 Å². The second-order valence-corrected chi connectivity index (χ2v) is 9.98. The summed E-state index contributed by atoms with van der Waals surface area (Å²) in [6.07, 6.45) is 2.69. The molecular weight excluding hydrogens is 511 g/mol. The predicted molar refractivity (Wildman–Crippen MR) is 133 cm³/mol. The molecule has 13 heteroatoms. The van der Waals surface area contributed by atoms with Crippen molar-refractivity contribution in [2.45, 2.75) is 31.8 Å². The molecule has 1 atom stereocenters. The number of ether oxygens (including phenoxy) is 1. The van der Waals surface area contributed by atoms with Crippen molar-refractivity contribution in [2.24, 2.45) is 7.05 Å². The summed E-state index contributed by atoms with van der Waals surface area (Å²) in [5.41, 5.74) is -0.190. The number of nitrogens with one attached hydrogen (secondary N) is 1. The van der Waals surface area contributed by atoms with Crippen molar-refractivity contribution >= 4 is 39.1 Å². The number of amides is 1. The molecule has 188 valence electrons. The van der Waals surface area contributed by atoms with Crippen LogP contribution in [0.5, 0.6) is 5.75 Å². The Balaban J connectivity index is 1.75. The van der Waals surface area contributed by atoms with Gasteiger partial charge in [0.1, 0.15) is 11.0 Å². The Morgan fingerprint density at radius 1 is 1.28 bits per heavy atom. The number of nitrogens with zero attached hydrogens (tertiary/aromatic N) is 5. The van der Waals surface area contributed by atoms with Crippen molar-refractivity contribution < 1.29 is 13.9 Å². The lowest BCUT2D eigenvalue weighted by molar-refractivity contribution is -0.121. The molecule has 1 aromatic carbocycles. The number of aromatic nitrogens is 5. The van der Waals surface area contributed by atoms with Crippen LogP contribution in [-0.4, -0.2) is 43.5 Å². The molecule has 3 aromatic heterocycles. The minimum atomic E-state index is -0.612. The van der Waals surface area contributed by atoms with E-state index in [1.807, 2.05) is 0 Å². The number of fused-ring (bicyclic) bond motifs is 1. The van der Waals surface area contributed by atoms with E-state index in [1.54, 1.807) is 13.1 Å². The maximum Gasteiger partial charge on any atom is 0.332 e. The number of hydrogen-bond donors (Lipinski definition) is 1. The molecule has 1 aliphatic rings. The first-order chi connectivity index (χ1) is 17.3. The Morgan fingerprint density at radius 2 is 2.08 bits per heavy atom. The lowest BCUT2D eigenvalue weighted by atomic mass is 10.1. The zero-order valence-corrected chi connectivity index (χ0v) is 21.0. The highest BCUT2D eigenvalue weighted by molar-refractivity contribution is 7.22. The Bertz CT molecular complexity index is 1610. The zero-order chi connectivity index (χ0) is 25.6. The normalized spacial score (nSPS) is 16.2. The van der Waals surface area contributed by atoms with Crippen LogP contribution in [0.3, 0.4) is 0 Å². The van der Waals surface area contributed by atoms with Crippen LogP contribution in [0.2, 0.25) is 5.02 Å². The molecule has 1 saturated heterocycles. The molecular formula is C23H22ClFN6O4S. The van der Waals surface area contributed by atoms with E-state index < -0.39 is 23.1 Å². The van der Waals surface area contributed by atoms with Crippen molar-refractivity contribution in [1.82, 2.24) is 29.2 Å². The molecule has 1 N–H and O–H groups in total. The molecule has 0 aliphatic carbocycles. The molecule has 0 saturated carbocycles. The van der Waals surface area contributed by atoms with Crippen LogP contribution in [0.15, 0.2) is 34.1 Å². The van der Waals surface area contributed by atoms with Crippen LogP contribution in [0.4, 0.5) is 4.39 Å². The molecule has 10 nitrogen and oxygen atoms in total. The van der Waals surface area contributed by atoms with Crippen molar-refractivity contribution in [3.8, 4) is 16.2 Å². The van der Waals surface area contributed by atoms with Crippen LogP contribution in [0, 0.1) is 5.82 Å². The van der Waals surface area contributed by atoms with Gasteiger partial charge in [-0.15, -0.1) is 11.3 Å². The standard InChI is InChI=1S/C23H22ClFN6O4S/c1-29-11-27-19(28-29)10-30-16-9-18(13-7-17(35-2)15(25)8-14(13)24)36-21(16)22(33)31(23(30)34)12-4-3-5-26-20(32)6-12/h7-9,11-12H,3-6,10H2,1-2H3,(H,26,32)/t12-/m1/s1. The Kier molecular flexibility index (Phi) is 6.39. The van der Waals surface area contributed by atoms with Gasteiger partial charge in [-0.3, -0.25) is 23.4 Å². The van der Waals surface area contributed by atoms with Crippen LogP contribution in [0.25, 0.3) is 20.7 Å². The quantitative estimate of drug-likeness (QED) is 0.423. The number of hydrogen-bond acceptors (Lipinski definition) is 7. The number of halogens is 2. The van der Waals surface area contributed by atoms with Gasteiger partial charge in [-0.05, 0) is 31.0 Å². The van der Waals surface area contributed by atoms with Crippen molar-refractivity contribution in [3.05, 3.63) is 62.0 Å². The fraction of sp³-hybridized carbons (Fsp3) is 0.348. The highest BCUT2D eigenvalue weighted by Crippen LogP contribution is 2.39. The predicted octanol–water partition coefficient (Wildman–Crippen LogP) is 2.71. The molecule has 5 rings (SSSR count). The first kappa shape index (κ1) is 24.2.